The molecule has 4 nitrogen and oxygen atoms in total. The van der Waals surface area contributed by atoms with Crippen molar-refractivity contribution in [3.05, 3.63) is 12.7 Å². The first kappa shape index (κ1) is 12.1. The topological polar surface area (TPSA) is 52.6 Å². The Hall–Kier alpha value is -0.870. The third-order valence-electron chi connectivity index (χ3n) is 1.87. The molecule has 0 aromatic rings. The molecule has 2 unspecified atom stereocenters. The summed E-state index contributed by atoms with van der Waals surface area (Å²) >= 11 is 0. The number of nitrogens with one attached hydrogen (secondary N) is 1. The van der Waals surface area contributed by atoms with Crippen molar-refractivity contribution in [3.8, 4) is 0 Å². The van der Waals surface area contributed by atoms with E-state index in [4.69, 9.17) is 5.11 Å². The van der Waals surface area contributed by atoms with E-state index < -0.39 is 12.0 Å². The zero-order valence-electron chi connectivity index (χ0n) is 8.45. The number of hydrogen-bond donors (Lipinski definition) is 2. The lowest BCUT2D eigenvalue weighted by Crippen LogP contribution is -2.50. The minimum Gasteiger partial charge on any atom is -0.480 e. The SMILES string of the molecule is C=CCNC(C)C(C(=O)O)N(C)C. The first-order valence-electron chi connectivity index (χ1n) is 4.24. The molecule has 0 radical (unpaired) electrons. The number of likely N-dealkylation sites (N-methyl/N-ethyl adjacent to an activating group) is 1. The minimum absolute atomic E-state index is 0.0921. The lowest BCUT2D eigenvalue weighted by molar-refractivity contribution is -0.143. The molecular weight excluding hydrogens is 168 g/mol. The number of rotatable bonds is 6. The van der Waals surface area contributed by atoms with E-state index in [1.807, 2.05) is 6.92 Å². The first-order valence-corrected chi connectivity index (χ1v) is 4.24. The maximum absolute atomic E-state index is 10.8. The highest BCUT2D eigenvalue weighted by atomic mass is 16.4. The molecule has 13 heavy (non-hydrogen) atoms. The molecule has 2 atom stereocenters. The number of carboxylic acids is 1. The third kappa shape index (κ3) is 4.05. The van der Waals surface area contributed by atoms with Gasteiger partial charge in [0.25, 0.3) is 0 Å². The largest absolute Gasteiger partial charge is 0.480 e. The van der Waals surface area contributed by atoms with Gasteiger partial charge in [-0.05, 0) is 21.0 Å². The number of carbonyl (C=O) groups is 1. The van der Waals surface area contributed by atoms with E-state index in [0.717, 1.165) is 0 Å². The second-order valence-corrected chi connectivity index (χ2v) is 3.23. The molecule has 0 bridgehead atoms. The molecule has 76 valence electrons. The summed E-state index contributed by atoms with van der Waals surface area (Å²) in [5.74, 6) is -0.811. The lowest BCUT2D eigenvalue weighted by atomic mass is 10.1. The summed E-state index contributed by atoms with van der Waals surface area (Å²) in [4.78, 5) is 12.5. The zero-order chi connectivity index (χ0) is 10.4. The summed E-state index contributed by atoms with van der Waals surface area (Å²) in [5.41, 5.74) is 0. The molecule has 0 aliphatic rings. The molecule has 0 aliphatic carbocycles. The Balaban J connectivity index is 4.19. The van der Waals surface area contributed by atoms with Gasteiger partial charge in [0.2, 0.25) is 0 Å². The van der Waals surface area contributed by atoms with E-state index in [-0.39, 0.29) is 6.04 Å². The highest BCUT2D eigenvalue weighted by molar-refractivity contribution is 5.74. The average molecular weight is 186 g/mol. The Morgan fingerprint density at radius 1 is 1.69 bits per heavy atom. The average Bonchev–Trinajstić information content (AvgIpc) is 1.99. The van der Waals surface area contributed by atoms with Crippen LogP contribution >= 0.6 is 0 Å². The molecule has 0 aromatic heterocycles. The van der Waals surface area contributed by atoms with Crippen molar-refractivity contribution in [3.63, 3.8) is 0 Å². The maximum atomic E-state index is 10.8. The highest BCUT2D eigenvalue weighted by Crippen LogP contribution is 2.00. The van der Waals surface area contributed by atoms with Gasteiger partial charge in [0.05, 0.1) is 0 Å². The Morgan fingerprint density at radius 2 is 2.23 bits per heavy atom. The second kappa shape index (κ2) is 5.72. The molecule has 0 rings (SSSR count). The summed E-state index contributed by atoms with van der Waals surface area (Å²) in [6, 6.07) is -0.592. The fourth-order valence-corrected chi connectivity index (χ4v) is 1.26. The summed E-state index contributed by atoms with van der Waals surface area (Å²) in [7, 11) is 3.51. The highest BCUT2D eigenvalue weighted by Gasteiger charge is 2.25. The molecule has 0 fully saturated rings. The monoisotopic (exact) mass is 186 g/mol. The standard InChI is InChI=1S/C9H18N2O2/c1-5-6-10-7(2)8(9(12)13)11(3)4/h5,7-8,10H,1,6H2,2-4H3,(H,12,13). The van der Waals surface area contributed by atoms with E-state index in [2.05, 4.69) is 11.9 Å². The van der Waals surface area contributed by atoms with Gasteiger partial charge in [0.1, 0.15) is 6.04 Å². The fourth-order valence-electron chi connectivity index (χ4n) is 1.26. The van der Waals surface area contributed by atoms with Crippen LogP contribution < -0.4 is 5.32 Å². The van der Waals surface area contributed by atoms with Gasteiger partial charge in [-0.25, -0.2) is 0 Å². The van der Waals surface area contributed by atoms with Crippen LogP contribution in [0, 0.1) is 0 Å². The summed E-state index contributed by atoms with van der Waals surface area (Å²) in [6.07, 6.45) is 1.71. The van der Waals surface area contributed by atoms with Gasteiger partial charge in [0.15, 0.2) is 0 Å². The number of hydrogen-bond acceptors (Lipinski definition) is 3. The van der Waals surface area contributed by atoms with Crippen LogP contribution in [0.5, 0.6) is 0 Å². The summed E-state index contributed by atoms with van der Waals surface area (Å²) < 4.78 is 0. The van der Waals surface area contributed by atoms with Crippen molar-refractivity contribution in [1.29, 1.82) is 0 Å². The van der Waals surface area contributed by atoms with E-state index >= 15 is 0 Å². The molecule has 0 aromatic carbocycles. The molecule has 0 aliphatic heterocycles. The second-order valence-electron chi connectivity index (χ2n) is 3.23. The van der Waals surface area contributed by atoms with Crippen LogP contribution in [0.3, 0.4) is 0 Å². The molecule has 2 N–H and O–H groups in total. The van der Waals surface area contributed by atoms with Gasteiger partial charge in [-0.1, -0.05) is 6.08 Å². The van der Waals surface area contributed by atoms with Crippen molar-refractivity contribution in [2.75, 3.05) is 20.6 Å². The zero-order valence-corrected chi connectivity index (χ0v) is 8.45. The predicted molar refractivity (Wildman–Crippen MR) is 52.8 cm³/mol. The molecule has 0 heterocycles. The Morgan fingerprint density at radius 3 is 2.54 bits per heavy atom. The van der Waals surface area contributed by atoms with Crippen molar-refractivity contribution in [2.45, 2.75) is 19.0 Å². The van der Waals surface area contributed by atoms with E-state index in [1.54, 1.807) is 25.1 Å². The number of aliphatic carboxylic acids is 1. The minimum atomic E-state index is -0.811. The third-order valence-corrected chi connectivity index (χ3v) is 1.87. The molecule has 0 spiro atoms. The van der Waals surface area contributed by atoms with Crippen LogP contribution in [0.1, 0.15) is 6.92 Å². The quantitative estimate of drug-likeness (QED) is 0.580. The van der Waals surface area contributed by atoms with Crippen LogP contribution in [-0.4, -0.2) is 48.7 Å². The van der Waals surface area contributed by atoms with Crippen LogP contribution in [0.25, 0.3) is 0 Å². The van der Waals surface area contributed by atoms with Crippen molar-refractivity contribution >= 4 is 5.97 Å². The molecule has 0 saturated carbocycles. The maximum Gasteiger partial charge on any atom is 0.322 e. The van der Waals surface area contributed by atoms with Gasteiger partial charge in [-0.3, -0.25) is 9.69 Å². The Kier molecular flexibility index (Phi) is 5.34. The Labute approximate surface area is 79.2 Å². The first-order chi connectivity index (χ1) is 6.00. The van der Waals surface area contributed by atoms with E-state index in [0.29, 0.717) is 6.54 Å². The van der Waals surface area contributed by atoms with Crippen molar-refractivity contribution in [2.24, 2.45) is 0 Å². The number of nitrogens with zero attached hydrogens (tertiary/aromatic N) is 1. The van der Waals surface area contributed by atoms with E-state index in [1.165, 1.54) is 0 Å². The van der Waals surface area contributed by atoms with Crippen LogP contribution in [0.2, 0.25) is 0 Å². The van der Waals surface area contributed by atoms with Gasteiger partial charge < -0.3 is 10.4 Å². The molecule has 0 amide bonds. The number of carboxylic acid groups (broad SMARTS) is 1. The Bertz CT molecular complexity index is 180. The summed E-state index contributed by atoms with van der Waals surface area (Å²) in [6.45, 7) is 6.03. The van der Waals surface area contributed by atoms with E-state index in [9.17, 15) is 4.79 Å². The van der Waals surface area contributed by atoms with Gasteiger partial charge in [0, 0.05) is 12.6 Å². The van der Waals surface area contributed by atoms with Gasteiger partial charge in [-0.2, -0.15) is 0 Å². The predicted octanol–water partition coefficient (Wildman–Crippen LogP) is 0.165. The van der Waals surface area contributed by atoms with Gasteiger partial charge in [-0.15, -0.1) is 6.58 Å². The normalized spacial score (nSPS) is 15.4. The molecule has 4 heteroatoms. The van der Waals surface area contributed by atoms with Crippen LogP contribution in [0.15, 0.2) is 12.7 Å². The molecular formula is C9H18N2O2. The van der Waals surface area contributed by atoms with Gasteiger partial charge >= 0.3 is 5.97 Å². The van der Waals surface area contributed by atoms with Crippen molar-refractivity contribution in [1.82, 2.24) is 10.2 Å². The molecule has 0 saturated heterocycles. The van der Waals surface area contributed by atoms with Crippen molar-refractivity contribution < 1.29 is 9.90 Å². The summed E-state index contributed by atoms with van der Waals surface area (Å²) in [5, 5.41) is 12.0. The van der Waals surface area contributed by atoms with Crippen LogP contribution in [-0.2, 0) is 4.79 Å². The lowest BCUT2D eigenvalue weighted by Gasteiger charge is -2.26. The van der Waals surface area contributed by atoms with Crippen LogP contribution in [0.4, 0.5) is 0 Å². The smallest absolute Gasteiger partial charge is 0.322 e. The fraction of sp³-hybridized carbons (Fsp3) is 0.667.